The summed E-state index contributed by atoms with van der Waals surface area (Å²) in [6.45, 7) is 3.91. The van der Waals surface area contributed by atoms with Crippen molar-refractivity contribution in [2.75, 3.05) is 0 Å². The van der Waals surface area contributed by atoms with Gasteiger partial charge < -0.3 is 10.2 Å². The molecule has 0 bridgehead atoms. The molecular formula is C11H20O3. The molecule has 0 spiro atoms. The van der Waals surface area contributed by atoms with E-state index in [0.717, 1.165) is 19.3 Å². The van der Waals surface area contributed by atoms with Crippen LogP contribution in [0.3, 0.4) is 0 Å². The number of aliphatic hydroxyl groups is 1. The maximum absolute atomic E-state index is 11.1. The van der Waals surface area contributed by atoms with E-state index in [9.17, 15) is 9.90 Å². The predicted molar refractivity (Wildman–Crippen MR) is 54.0 cm³/mol. The van der Waals surface area contributed by atoms with Gasteiger partial charge in [-0.05, 0) is 25.2 Å². The molecule has 0 aromatic heterocycles. The monoisotopic (exact) mass is 200 g/mol. The van der Waals surface area contributed by atoms with Crippen molar-refractivity contribution in [2.24, 2.45) is 11.8 Å². The SMILES string of the molecule is CCCC(C(=O)O)C1(O)CCCC1C. The normalized spacial score (nSPS) is 34.4. The van der Waals surface area contributed by atoms with Crippen LogP contribution in [0.1, 0.15) is 46.0 Å². The Balaban J connectivity index is 2.80. The Hall–Kier alpha value is -0.570. The standard InChI is InChI=1S/C11H20O3/c1-3-5-9(10(12)13)11(14)7-4-6-8(11)2/h8-9,14H,3-7H2,1-2H3,(H,12,13). The second-order valence-corrected chi connectivity index (χ2v) is 4.46. The lowest BCUT2D eigenvalue weighted by molar-refractivity contribution is -0.155. The third kappa shape index (κ3) is 1.92. The summed E-state index contributed by atoms with van der Waals surface area (Å²) in [6.07, 6.45) is 3.93. The topological polar surface area (TPSA) is 57.5 Å². The number of aliphatic carboxylic acids is 1. The summed E-state index contributed by atoms with van der Waals surface area (Å²) >= 11 is 0. The predicted octanol–water partition coefficient (Wildman–Crippen LogP) is 2.04. The van der Waals surface area contributed by atoms with Gasteiger partial charge in [0.2, 0.25) is 0 Å². The molecule has 3 heteroatoms. The summed E-state index contributed by atoms with van der Waals surface area (Å²) in [7, 11) is 0. The van der Waals surface area contributed by atoms with E-state index < -0.39 is 17.5 Å². The number of carboxylic acid groups (broad SMARTS) is 1. The summed E-state index contributed by atoms with van der Waals surface area (Å²) < 4.78 is 0. The van der Waals surface area contributed by atoms with Crippen LogP contribution in [-0.2, 0) is 4.79 Å². The van der Waals surface area contributed by atoms with E-state index in [-0.39, 0.29) is 5.92 Å². The molecule has 82 valence electrons. The minimum Gasteiger partial charge on any atom is -0.481 e. The highest BCUT2D eigenvalue weighted by molar-refractivity contribution is 5.71. The van der Waals surface area contributed by atoms with Gasteiger partial charge in [-0.1, -0.05) is 26.7 Å². The highest BCUT2D eigenvalue weighted by Gasteiger charge is 2.47. The molecule has 3 nitrogen and oxygen atoms in total. The fourth-order valence-electron chi connectivity index (χ4n) is 2.58. The van der Waals surface area contributed by atoms with E-state index in [1.165, 1.54) is 0 Å². The molecule has 1 aliphatic carbocycles. The summed E-state index contributed by atoms with van der Waals surface area (Å²) in [5, 5.41) is 19.4. The van der Waals surface area contributed by atoms with Gasteiger partial charge in [-0.3, -0.25) is 4.79 Å². The van der Waals surface area contributed by atoms with Crippen LogP contribution in [0, 0.1) is 11.8 Å². The zero-order valence-corrected chi connectivity index (χ0v) is 8.99. The number of carboxylic acids is 1. The molecule has 1 fully saturated rings. The van der Waals surface area contributed by atoms with Crippen LogP contribution in [0.15, 0.2) is 0 Å². The van der Waals surface area contributed by atoms with E-state index in [1.807, 2.05) is 13.8 Å². The zero-order valence-electron chi connectivity index (χ0n) is 8.99. The van der Waals surface area contributed by atoms with Crippen molar-refractivity contribution < 1.29 is 15.0 Å². The van der Waals surface area contributed by atoms with Gasteiger partial charge >= 0.3 is 5.97 Å². The van der Waals surface area contributed by atoms with Gasteiger partial charge in [0.15, 0.2) is 0 Å². The van der Waals surface area contributed by atoms with Crippen molar-refractivity contribution in [3.63, 3.8) is 0 Å². The molecule has 0 aromatic carbocycles. The molecule has 0 aliphatic heterocycles. The van der Waals surface area contributed by atoms with Gasteiger partial charge in [0.25, 0.3) is 0 Å². The van der Waals surface area contributed by atoms with Crippen molar-refractivity contribution in [1.29, 1.82) is 0 Å². The van der Waals surface area contributed by atoms with Crippen LogP contribution in [0.4, 0.5) is 0 Å². The van der Waals surface area contributed by atoms with Crippen LogP contribution in [-0.4, -0.2) is 21.8 Å². The average molecular weight is 200 g/mol. The highest BCUT2D eigenvalue weighted by Crippen LogP contribution is 2.42. The first-order valence-corrected chi connectivity index (χ1v) is 5.47. The molecule has 1 aliphatic rings. The highest BCUT2D eigenvalue weighted by atomic mass is 16.4. The summed E-state index contributed by atoms with van der Waals surface area (Å²) in [6, 6.07) is 0. The lowest BCUT2D eigenvalue weighted by atomic mass is 9.77. The third-order valence-corrected chi connectivity index (χ3v) is 3.55. The lowest BCUT2D eigenvalue weighted by Gasteiger charge is -2.33. The second kappa shape index (κ2) is 4.30. The van der Waals surface area contributed by atoms with E-state index in [4.69, 9.17) is 5.11 Å². The fraction of sp³-hybridized carbons (Fsp3) is 0.909. The minimum absolute atomic E-state index is 0.121. The van der Waals surface area contributed by atoms with Crippen molar-refractivity contribution >= 4 is 5.97 Å². The molecular weight excluding hydrogens is 180 g/mol. The Labute approximate surface area is 85.1 Å². The van der Waals surface area contributed by atoms with Crippen LogP contribution in [0.2, 0.25) is 0 Å². The Kier molecular flexibility index (Phi) is 3.53. The Morgan fingerprint density at radius 3 is 2.64 bits per heavy atom. The number of hydrogen-bond donors (Lipinski definition) is 2. The summed E-state index contributed by atoms with van der Waals surface area (Å²) in [5.74, 6) is -1.30. The second-order valence-electron chi connectivity index (χ2n) is 4.46. The Morgan fingerprint density at radius 1 is 1.64 bits per heavy atom. The Morgan fingerprint density at radius 2 is 2.29 bits per heavy atom. The van der Waals surface area contributed by atoms with Crippen molar-refractivity contribution in [3.05, 3.63) is 0 Å². The van der Waals surface area contributed by atoms with Gasteiger partial charge in [-0.15, -0.1) is 0 Å². The molecule has 1 rings (SSSR count). The molecule has 3 unspecified atom stereocenters. The molecule has 1 saturated carbocycles. The maximum atomic E-state index is 11.1. The largest absolute Gasteiger partial charge is 0.481 e. The lowest BCUT2D eigenvalue weighted by Crippen LogP contribution is -2.44. The van der Waals surface area contributed by atoms with Gasteiger partial charge in [-0.25, -0.2) is 0 Å². The maximum Gasteiger partial charge on any atom is 0.309 e. The van der Waals surface area contributed by atoms with Gasteiger partial charge in [0, 0.05) is 0 Å². The van der Waals surface area contributed by atoms with Crippen molar-refractivity contribution in [3.8, 4) is 0 Å². The van der Waals surface area contributed by atoms with E-state index in [2.05, 4.69) is 0 Å². The smallest absolute Gasteiger partial charge is 0.309 e. The van der Waals surface area contributed by atoms with Gasteiger partial charge in [-0.2, -0.15) is 0 Å². The first-order chi connectivity index (χ1) is 6.52. The average Bonchev–Trinajstić information content (AvgIpc) is 2.43. The number of hydrogen-bond acceptors (Lipinski definition) is 2. The van der Waals surface area contributed by atoms with Gasteiger partial charge in [0.1, 0.15) is 0 Å². The van der Waals surface area contributed by atoms with Crippen LogP contribution in [0.5, 0.6) is 0 Å². The molecule has 3 atom stereocenters. The molecule has 0 heterocycles. The zero-order chi connectivity index (χ0) is 10.8. The number of carbonyl (C=O) groups is 1. The van der Waals surface area contributed by atoms with Crippen LogP contribution < -0.4 is 0 Å². The van der Waals surface area contributed by atoms with Crippen LogP contribution in [0.25, 0.3) is 0 Å². The van der Waals surface area contributed by atoms with Gasteiger partial charge in [0.05, 0.1) is 11.5 Å². The Bertz CT molecular complexity index is 215. The minimum atomic E-state index is -0.957. The van der Waals surface area contributed by atoms with Crippen molar-refractivity contribution in [1.82, 2.24) is 0 Å². The quantitative estimate of drug-likeness (QED) is 0.730. The molecule has 2 N–H and O–H groups in total. The fourth-order valence-corrected chi connectivity index (χ4v) is 2.58. The first kappa shape index (κ1) is 11.5. The number of rotatable bonds is 4. The molecule has 0 saturated heterocycles. The third-order valence-electron chi connectivity index (χ3n) is 3.55. The van der Waals surface area contributed by atoms with Crippen molar-refractivity contribution in [2.45, 2.75) is 51.6 Å². The molecule has 0 amide bonds. The van der Waals surface area contributed by atoms with E-state index in [1.54, 1.807) is 0 Å². The van der Waals surface area contributed by atoms with Crippen LogP contribution >= 0.6 is 0 Å². The summed E-state index contributed by atoms with van der Waals surface area (Å²) in [4.78, 5) is 11.1. The molecule has 14 heavy (non-hydrogen) atoms. The first-order valence-electron chi connectivity index (χ1n) is 5.47. The molecule has 0 aromatic rings. The van der Waals surface area contributed by atoms with E-state index >= 15 is 0 Å². The molecule has 0 radical (unpaired) electrons. The van der Waals surface area contributed by atoms with E-state index in [0.29, 0.717) is 12.8 Å². The summed E-state index contributed by atoms with van der Waals surface area (Å²) in [5.41, 5.74) is -0.957.